The molecule has 1 aromatic carbocycles. The zero-order chi connectivity index (χ0) is 16.1. The second-order valence-corrected chi connectivity index (χ2v) is 5.42. The first-order valence-corrected chi connectivity index (χ1v) is 7.45. The van der Waals surface area contributed by atoms with Crippen LogP contribution in [0.3, 0.4) is 0 Å². The molecule has 1 saturated heterocycles. The molecule has 0 aromatic heterocycles. The highest BCUT2D eigenvalue weighted by Gasteiger charge is 2.27. The van der Waals surface area contributed by atoms with Crippen LogP contribution in [0.25, 0.3) is 0 Å². The predicted molar refractivity (Wildman–Crippen MR) is 79.9 cm³/mol. The van der Waals surface area contributed by atoms with E-state index >= 15 is 0 Å². The Morgan fingerprint density at radius 1 is 1.23 bits per heavy atom. The van der Waals surface area contributed by atoms with E-state index in [0.717, 1.165) is 0 Å². The number of benzene rings is 1. The normalized spacial score (nSPS) is 16.4. The summed E-state index contributed by atoms with van der Waals surface area (Å²) >= 11 is 0. The maximum atomic E-state index is 12.4. The van der Waals surface area contributed by atoms with Gasteiger partial charge in [-0.25, -0.2) is 0 Å². The van der Waals surface area contributed by atoms with E-state index in [1.807, 2.05) is 4.90 Å². The van der Waals surface area contributed by atoms with Crippen LogP contribution >= 0.6 is 0 Å². The number of ether oxygens (including phenoxy) is 1. The summed E-state index contributed by atoms with van der Waals surface area (Å²) in [7, 11) is 0. The second-order valence-electron chi connectivity index (χ2n) is 5.42. The number of aromatic hydroxyl groups is 2. The summed E-state index contributed by atoms with van der Waals surface area (Å²) in [6.45, 7) is 3.74. The molecule has 120 valence electrons. The van der Waals surface area contributed by atoms with Crippen LogP contribution in [0.4, 0.5) is 0 Å². The number of nitrogens with zero attached hydrogens (tertiary/aromatic N) is 1. The molecule has 1 aromatic rings. The Kier molecular flexibility index (Phi) is 5.38. The van der Waals surface area contributed by atoms with E-state index in [4.69, 9.17) is 4.74 Å². The van der Waals surface area contributed by atoms with Gasteiger partial charge in [0.05, 0.1) is 13.2 Å². The molecule has 0 saturated carbocycles. The Bertz CT molecular complexity index is 549. The standard InChI is InChI=1S/C16H21NO5/c1-2-22-15(20)10-17-7-5-11(6-8-17)16(21)12-3-4-13(18)14(19)9-12/h3-4,9,11,18-19H,2,5-8,10H2,1H3. The van der Waals surface area contributed by atoms with Crippen molar-refractivity contribution in [3.63, 3.8) is 0 Å². The summed E-state index contributed by atoms with van der Waals surface area (Å²) in [4.78, 5) is 25.8. The van der Waals surface area contributed by atoms with Crippen molar-refractivity contribution in [2.45, 2.75) is 19.8 Å². The molecule has 0 unspecified atom stereocenters. The number of ketones is 1. The largest absolute Gasteiger partial charge is 0.504 e. The van der Waals surface area contributed by atoms with E-state index in [9.17, 15) is 19.8 Å². The number of rotatable bonds is 5. The molecule has 0 radical (unpaired) electrons. The fourth-order valence-corrected chi connectivity index (χ4v) is 2.65. The van der Waals surface area contributed by atoms with Gasteiger partial charge >= 0.3 is 5.97 Å². The number of phenolic OH excluding ortho intramolecular Hbond substituents is 2. The Morgan fingerprint density at radius 2 is 1.91 bits per heavy atom. The van der Waals surface area contributed by atoms with Crippen LogP contribution in [0.1, 0.15) is 30.1 Å². The third-order valence-electron chi connectivity index (χ3n) is 3.88. The van der Waals surface area contributed by atoms with E-state index in [2.05, 4.69) is 0 Å². The monoisotopic (exact) mass is 307 g/mol. The highest BCUT2D eigenvalue weighted by atomic mass is 16.5. The molecule has 2 rings (SSSR count). The SMILES string of the molecule is CCOC(=O)CN1CCC(C(=O)c2ccc(O)c(O)c2)CC1. The Labute approximate surface area is 129 Å². The zero-order valence-corrected chi connectivity index (χ0v) is 12.6. The molecule has 6 heteroatoms. The molecule has 1 aliphatic rings. The number of carbonyl (C=O) groups excluding carboxylic acids is 2. The van der Waals surface area contributed by atoms with Crippen molar-refractivity contribution in [3.05, 3.63) is 23.8 Å². The minimum absolute atomic E-state index is 0.0360. The predicted octanol–water partition coefficient (Wildman–Crippen LogP) is 1.56. The highest BCUT2D eigenvalue weighted by Crippen LogP contribution is 2.28. The highest BCUT2D eigenvalue weighted by molar-refractivity contribution is 5.98. The molecule has 0 bridgehead atoms. The number of likely N-dealkylation sites (tertiary alicyclic amines) is 1. The lowest BCUT2D eigenvalue weighted by atomic mass is 9.89. The van der Waals surface area contributed by atoms with Crippen molar-refractivity contribution < 1.29 is 24.5 Å². The molecule has 0 atom stereocenters. The third-order valence-corrected chi connectivity index (χ3v) is 3.88. The molecule has 1 aliphatic heterocycles. The van der Waals surface area contributed by atoms with Crippen molar-refractivity contribution in [1.29, 1.82) is 0 Å². The number of Topliss-reactive ketones (excluding diaryl/α,β-unsaturated/α-hetero) is 1. The molecule has 1 fully saturated rings. The van der Waals surface area contributed by atoms with E-state index in [1.165, 1.54) is 18.2 Å². The van der Waals surface area contributed by atoms with Crippen molar-refractivity contribution in [1.82, 2.24) is 4.90 Å². The first-order valence-electron chi connectivity index (χ1n) is 7.45. The number of phenols is 2. The van der Waals surface area contributed by atoms with E-state index in [0.29, 0.717) is 38.1 Å². The van der Waals surface area contributed by atoms with Gasteiger partial charge in [-0.3, -0.25) is 14.5 Å². The molecule has 22 heavy (non-hydrogen) atoms. The maximum absolute atomic E-state index is 12.4. The van der Waals surface area contributed by atoms with Crippen LogP contribution in [0, 0.1) is 5.92 Å². The first-order chi connectivity index (χ1) is 10.5. The van der Waals surface area contributed by atoms with Crippen molar-refractivity contribution in [3.8, 4) is 11.5 Å². The average molecular weight is 307 g/mol. The Hall–Kier alpha value is -2.08. The van der Waals surface area contributed by atoms with Gasteiger partial charge in [-0.05, 0) is 51.1 Å². The molecule has 0 spiro atoms. The molecule has 0 aliphatic carbocycles. The summed E-state index contributed by atoms with van der Waals surface area (Å²) in [5, 5.41) is 18.8. The summed E-state index contributed by atoms with van der Waals surface area (Å²) in [6, 6.07) is 4.13. The average Bonchev–Trinajstić information content (AvgIpc) is 2.50. The lowest BCUT2D eigenvalue weighted by Gasteiger charge is -2.30. The van der Waals surface area contributed by atoms with E-state index < -0.39 is 0 Å². The van der Waals surface area contributed by atoms with Gasteiger partial charge in [0.1, 0.15) is 0 Å². The van der Waals surface area contributed by atoms with Gasteiger partial charge < -0.3 is 14.9 Å². The quantitative estimate of drug-likeness (QED) is 0.487. The number of esters is 1. The molecule has 0 amide bonds. The fraction of sp³-hybridized carbons (Fsp3) is 0.500. The molecular weight excluding hydrogens is 286 g/mol. The zero-order valence-electron chi connectivity index (χ0n) is 12.6. The van der Waals surface area contributed by atoms with Gasteiger partial charge in [0.2, 0.25) is 0 Å². The number of piperidine rings is 1. The van der Waals surface area contributed by atoms with Crippen molar-refractivity contribution in [2.24, 2.45) is 5.92 Å². The molecule has 2 N–H and O–H groups in total. The Morgan fingerprint density at radius 3 is 2.50 bits per heavy atom. The van der Waals surface area contributed by atoms with Crippen LogP contribution in [0.5, 0.6) is 11.5 Å². The van der Waals surface area contributed by atoms with Crippen LogP contribution in [-0.4, -0.2) is 53.1 Å². The van der Waals surface area contributed by atoms with Crippen molar-refractivity contribution in [2.75, 3.05) is 26.2 Å². The van der Waals surface area contributed by atoms with Crippen LogP contribution < -0.4 is 0 Å². The van der Waals surface area contributed by atoms with Gasteiger partial charge in [0, 0.05) is 11.5 Å². The Balaban J connectivity index is 1.89. The lowest BCUT2D eigenvalue weighted by Crippen LogP contribution is -2.39. The van der Waals surface area contributed by atoms with E-state index in [-0.39, 0.29) is 35.7 Å². The molecule has 1 heterocycles. The second kappa shape index (κ2) is 7.26. The smallest absolute Gasteiger partial charge is 0.320 e. The van der Waals surface area contributed by atoms with Gasteiger partial charge in [-0.2, -0.15) is 0 Å². The summed E-state index contributed by atoms with van der Waals surface area (Å²) in [5.41, 5.74) is 0.402. The van der Waals surface area contributed by atoms with Crippen LogP contribution in [-0.2, 0) is 9.53 Å². The minimum atomic E-state index is -0.286. The molecule has 6 nitrogen and oxygen atoms in total. The number of carbonyl (C=O) groups is 2. The topological polar surface area (TPSA) is 87.1 Å². The van der Waals surface area contributed by atoms with Crippen LogP contribution in [0.2, 0.25) is 0 Å². The lowest BCUT2D eigenvalue weighted by molar-refractivity contribution is -0.144. The first kappa shape index (κ1) is 16.3. The van der Waals surface area contributed by atoms with Gasteiger partial charge in [0.15, 0.2) is 17.3 Å². The van der Waals surface area contributed by atoms with Crippen LogP contribution in [0.15, 0.2) is 18.2 Å². The summed E-state index contributed by atoms with van der Waals surface area (Å²) in [6.07, 6.45) is 1.33. The van der Waals surface area contributed by atoms with Gasteiger partial charge in [0.25, 0.3) is 0 Å². The van der Waals surface area contributed by atoms with E-state index in [1.54, 1.807) is 6.92 Å². The fourth-order valence-electron chi connectivity index (χ4n) is 2.65. The summed E-state index contributed by atoms with van der Waals surface area (Å²) in [5.74, 6) is -0.921. The number of hydrogen-bond donors (Lipinski definition) is 2. The maximum Gasteiger partial charge on any atom is 0.320 e. The van der Waals surface area contributed by atoms with Crippen molar-refractivity contribution >= 4 is 11.8 Å². The molecular formula is C16H21NO5. The minimum Gasteiger partial charge on any atom is -0.504 e. The third kappa shape index (κ3) is 3.98. The summed E-state index contributed by atoms with van der Waals surface area (Å²) < 4.78 is 4.91. The number of hydrogen-bond acceptors (Lipinski definition) is 6. The van der Waals surface area contributed by atoms with Gasteiger partial charge in [-0.15, -0.1) is 0 Å². The van der Waals surface area contributed by atoms with Gasteiger partial charge in [-0.1, -0.05) is 0 Å².